The Labute approximate surface area is 149 Å². The van der Waals surface area contributed by atoms with Crippen molar-refractivity contribution < 1.29 is 19.0 Å². The molecule has 2 aromatic carbocycles. The van der Waals surface area contributed by atoms with Gasteiger partial charge in [-0.1, -0.05) is 17.7 Å². The maximum atomic E-state index is 12.8. The number of nitrogens with zero attached hydrogens (tertiary/aromatic N) is 1. The maximum Gasteiger partial charge on any atom is 0.254 e. The van der Waals surface area contributed by atoms with Crippen LogP contribution in [-0.2, 0) is 6.54 Å². The molecule has 0 saturated carbocycles. The molecule has 0 aliphatic rings. The summed E-state index contributed by atoms with van der Waals surface area (Å²) in [5.41, 5.74) is 3.66. The van der Waals surface area contributed by atoms with E-state index in [0.29, 0.717) is 29.4 Å². The predicted molar refractivity (Wildman–Crippen MR) is 97.8 cm³/mol. The molecule has 0 radical (unpaired) electrons. The monoisotopic (exact) mass is 343 g/mol. The molecule has 0 unspecified atom stereocenters. The normalized spacial score (nSPS) is 10.3. The Balaban J connectivity index is 2.31. The molecule has 0 bridgehead atoms. The fraction of sp³-hybridized carbons (Fsp3) is 0.350. The van der Waals surface area contributed by atoms with Gasteiger partial charge in [0.1, 0.15) is 0 Å². The summed E-state index contributed by atoms with van der Waals surface area (Å²) >= 11 is 0. The van der Waals surface area contributed by atoms with Gasteiger partial charge >= 0.3 is 0 Å². The van der Waals surface area contributed by atoms with Gasteiger partial charge < -0.3 is 19.1 Å². The molecule has 25 heavy (non-hydrogen) atoms. The van der Waals surface area contributed by atoms with E-state index in [0.717, 1.165) is 16.7 Å². The summed E-state index contributed by atoms with van der Waals surface area (Å²) in [5, 5.41) is 0. The molecule has 1 amide bonds. The van der Waals surface area contributed by atoms with E-state index in [2.05, 4.69) is 0 Å². The van der Waals surface area contributed by atoms with E-state index in [-0.39, 0.29) is 5.91 Å². The van der Waals surface area contributed by atoms with Crippen molar-refractivity contribution >= 4 is 5.91 Å². The molecule has 2 aromatic rings. The second-order valence-corrected chi connectivity index (χ2v) is 5.97. The van der Waals surface area contributed by atoms with Crippen LogP contribution < -0.4 is 14.2 Å². The standard InChI is InChI=1S/C20H25NO4/c1-13-7-9-16(14(2)11-13)20(22)21(3)12-15-8-10-17(23-4)19(25-6)18(15)24-5/h7-11H,12H2,1-6H3. The van der Waals surface area contributed by atoms with E-state index in [9.17, 15) is 4.79 Å². The minimum Gasteiger partial charge on any atom is -0.493 e. The molecule has 0 saturated heterocycles. The van der Waals surface area contributed by atoms with Crippen LogP contribution in [0, 0.1) is 13.8 Å². The van der Waals surface area contributed by atoms with Crippen molar-refractivity contribution in [2.45, 2.75) is 20.4 Å². The highest BCUT2D eigenvalue weighted by Crippen LogP contribution is 2.40. The third-order valence-electron chi connectivity index (χ3n) is 4.15. The molecule has 0 aliphatic carbocycles. The first kappa shape index (κ1) is 18.6. The summed E-state index contributed by atoms with van der Waals surface area (Å²) in [6.07, 6.45) is 0. The van der Waals surface area contributed by atoms with Crippen molar-refractivity contribution in [3.8, 4) is 17.2 Å². The lowest BCUT2D eigenvalue weighted by Crippen LogP contribution is -2.27. The van der Waals surface area contributed by atoms with Crippen molar-refractivity contribution in [2.24, 2.45) is 0 Å². The highest BCUT2D eigenvalue weighted by molar-refractivity contribution is 5.95. The lowest BCUT2D eigenvalue weighted by molar-refractivity contribution is 0.0783. The number of rotatable bonds is 6. The molecular formula is C20H25NO4. The minimum atomic E-state index is -0.0330. The predicted octanol–water partition coefficient (Wildman–Crippen LogP) is 3.60. The van der Waals surface area contributed by atoms with Crippen LogP contribution in [0.15, 0.2) is 30.3 Å². The quantitative estimate of drug-likeness (QED) is 0.804. The van der Waals surface area contributed by atoms with E-state index >= 15 is 0 Å². The highest BCUT2D eigenvalue weighted by Gasteiger charge is 2.20. The van der Waals surface area contributed by atoms with Gasteiger partial charge in [0.05, 0.1) is 21.3 Å². The molecule has 0 aromatic heterocycles. The largest absolute Gasteiger partial charge is 0.493 e. The van der Waals surface area contributed by atoms with Crippen molar-refractivity contribution in [1.29, 1.82) is 0 Å². The van der Waals surface area contributed by atoms with Crippen LogP contribution in [0.2, 0.25) is 0 Å². The molecule has 0 spiro atoms. The lowest BCUT2D eigenvalue weighted by atomic mass is 10.0. The lowest BCUT2D eigenvalue weighted by Gasteiger charge is -2.21. The molecule has 0 N–H and O–H groups in total. The van der Waals surface area contributed by atoms with Gasteiger partial charge in [-0.2, -0.15) is 0 Å². The number of ether oxygens (including phenoxy) is 3. The molecule has 134 valence electrons. The number of amides is 1. The molecule has 0 fully saturated rings. The van der Waals surface area contributed by atoms with E-state index in [1.807, 2.05) is 44.2 Å². The number of hydrogen-bond donors (Lipinski definition) is 0. The Morgan fingerprint density at radius 2 is 1.64 bits per heavy atom. The Morgan fingerprint density at radius 1 is 0.960 bits per heavy atom. The van der Waals surface area contributed by atoms with E-state index in [4.69, 9.17) is 14.2 Å². The van der Waals surface area contributed by atoms with Crippen molar-refractivity contribution in [3.63, 3.8) is 0 Å². The summed E-state index contributed by atoms with van der Waals surface area (Å²) in [6, 6.07) is 9.52. The van der Waals surface area contributed by atoms with Crippen LogP contribution in [0.1, 0.15) is 27.0 Å². The van der Waals surface area contributed by atoms with E-state index < -0.39 is 0 Å². The number of methoxy groups -OCH3 is 3. The van der Waals surface area contributed by atoms with Crippen LogP contribution in [0.3, 0.4) is 0 Å². The third-order valence-corrected chi connectivity index (χ3v) is 4.15. The molecule has 0 aliphatic heterocycles. The summed E-state index contributed by atoms with van der Waals surface area (Å²) in [4.78, 5) is 14.5. The van der Waals surface area contributed by atoms with Gasteiger partial charge in [0.15, 0.2) is 11.5 Å². The second kappa shape index (κ2) is 7.92. The summed E-state index contributed by atoms with van der Waals surface area (Å²) in [6.45, 7) is 4.36. The third kappa shape index (κ3) is 3.87. The SMILES string of the molecule is COc1ccc(CN(C)C(=O)c2ccc(C)cc2C)c(OC)c1OC. The first-order chi connectivity index (χ1) is 11.9. The van der Waals surface area contributed by atoms with Crippen molar-refractivity contribution in [2.75, 3.05) is 28.4 Å². The first-order valence-corrected chi connectivity index (χ1v) is 8.03. The van der Waals surface area contributed by atoms with Crippen LogP contribution in [-0.4, -0.2) is 39.2 Å². The molecule has 2 rings (SSSR count). The van der Waals surface area contributed by atoms with Crippen LogP contribution in [0.4, 0.5) is 0 Å². The zero-order chi connectivity index (χ0) is 18.6. The summed E-state index contributed by atoms with van der Waals surface area (Å²) in [7, 11) is 6.49. The number of hydrogen-bond acceptors (Lipinski definition) is 4. The topological polar surface area (TPSA) is 48.0 Å². The zero-order valence-corrected chi connectivity index (χ0v) is 15.7. The number of benzene rings is 2. The van der Waals surface area contributed by atoms with Gasteiger partial charge in [-0.3, -0.25) is 4.79 Å². The van der Waals surface area contributed by atoms with Gasteiger partial charge in [-0.25, -0.2) is 0 Å². The van der Waals surface area contributed by atoms with Gasteiger partial charge in [0, 0.05) is 24.7 Å². The van der Waals surface area contributed by atoms with Gasteiger partial charge in [0.2, 0.25) is 5.75 Å². The molecule has 5 nitrogen and oxygen atoms in total. The average molecular weight is 343 g/mol. The molecule has 5 heteroatoms. The van der Waals surface area contributed by atoms with Crippen molar-refractivity contribution in [3.05, 3.63) is 52.6 Å². The first-order valence-electron chi connectivity index (χ1n) is 8.03. The Hall–Kier alpha value is -2.69. The average Bonchev–Trinajstić information content (AvgIpc) is 2.60. The zero-order valence-electron chi connectivity index (χ0n) is 15.7. The Kier molecular flexibility index (Phi) is 5.91. The van der Waals surface area contributed by atoms with Gasteiger partial charge in [-0.05, 0) is 37.6 Å². The number of carbonyl (C=O) groups is 1. The van der Waals surface area contributed by atoms with Crippen molar-refractivity contribution in [1.82, 2.24) is 4.90 Å². The fourth-order valence-corrected chi connectivity index (χ4v) is 2.87. The maximum absolute atomic E-state index is 12.8. The highest BCUT2D eigenvalue weighted by atomic mass is 16.5. The Morgan fingerprint density at radius 3 is 2.20 bits per heavy atom. The van der Waals surface area contributed by atoms with Crippen LogP contribution in [0.25, 0.3) is 0 Å². The fourth-order valence-electron chi connectivity index (χ4n) is 2.87. The second-order valence-electron chi connectivity index (χ2n) is 5.97. The number of aryl methyl sites for hydroxylation is 2. The van der Waals surface area contributed by atoms with E-state index in [1.165, 1.54) is 0 Å². The van der Waals surface area contributed by atoms with Crippen LogP contribution in [0.5, 0.6) is 17.2 Å². The van der Waals surface area contributed by atoms with Gasteiger partial charge in [-0.15, -0.1) is 0 Å². The molecule has 0 heterocycles. The Bertz CT molecular complexity index is 771. The number of carbonyl (C=O) groups excluding carboxylic acids is 1. The summed E-state index contributed by atoms with van der Waals surface area (Å²) < 4.78 is 16.2. The summed E-state index contributed by atoms with van der Waals surface area (Å²) in [5.74, 6) is 1.65. The van der Waals surface area contributed by atoms with Crippen LogP contribution >= 0.6 is 0 Å². The molecular weight excluding hydrogens is 318 g/mol. The van der Waals surface area contributed by atoms with E-state index in [1.54, 1.807) is 33.3 Å². The van der Waals surface area contributed by atoms with Gasteiger partial charge in [0.25, 0.3) is 5.91 Å². The smallest absolute Gasteiger partial charge is 0.254 e. The minimum absolute atomic E-state index is 0.0330. The molecule has 0 atom stereocenters.